The Morgan fingerprint density at radius 2 is 2.18 bits per heavy atom. The van der Waals surface area contributed by atoms with Gasteiger partial charge in [-0.15, -0.1) is 0 Å². The van der Waals surface area contributed by atoms with Crippen LogP contribution in [-0.4, -0.2) is 29.0 Å². The number of nitrogens with one attached hydrogen (secondary N) is 1. The highest BCUT2D eigenvalue weighted by atomic mass is 35.5. The van der Waals surface area contributed by atoms with Crippen LogP contribution in [0.15, 0.2) is 42.9 Å². The summed E-state index contributed by atoms with van der Waals surface area (Å²) in [6.07, 6.45) is 6.87. The number of rotatable bonds is 3. The molecule has 5 nitrogen and oxygen atoms in total. The quantitative estimate of drug-likeness (QED) is 0.945. The summed E-state index contributed by atoms with van der Waals surface area (Å²) in [4.78, 5) is 23.0. The molecule has 0 spiro atoms. The molecule has 1 aromatic heterocycles. The molecule has 1 atom stereocenters. The minimum atomic E-state index is -0.0768. The Labute approximate surface area is 134 Å². The maximum Gasteiger partial charge on any atom is 0.229 e. The molecule has 1 unspecified atom stereocenters. The van der Waals surface area contributed by atoms with E-state index in [9.17, 15) is 4.79 Å². The molecule has 0 bridgehead atoms. The molecule has 22 heavy (non-hydrogen) atoms. The Hall–Kier alpha value is -2.14. The molecule has 1 fully saturated rings. The van der Waals surface area contributed by atoms with E-state index in [0.29, 0.717) is 17.3 Å². The number of halogens is 1. The number of carbonyl (C=O) groups excluding carboxylic acids is 1. The van der Waals surface area contributed by atoms with E-state index in [4.69, 9.17) is 11.6 Å². The number of benzene rings is 1. The summed E-state index contributed by atoms with van der Waals surface area (Å²) >= 11 is 6.09. The molecule has 1 saturated heterocycles. The number of para-hydroxylation sites is 1. The first-order valence-corrected chi connectivity index (χ1v) is 7.68. The summed E-state index contributed by atoms with van der Waals surface area (Å²) in [7, 11) is 0. The second-order valence-corrected chi connectivity index (χ2v) is 5.73. The van der Waals surface area contributed by atoms with Crippen LogP contribution in [0.3, 0.4) is 0 Å². The Morgan fingerprint density at radius 3 is 2.95 bits per heavy atom. The summed E-state index contributed by atoms with van der Waals surface area (Å²) in [5, 5.41) is 3.47. The van der Waals surface area contributed by atoms with Crippen LogP contribution < -0.4 is 10.2 Å². The Morgan fingerprint density at radius 1 is 1.32 bits per heavy atom. The highest BCUT2D eigenvalue weighted by molar-refractivity contribution is 6.33. The van der Waals surface area contributed by atoms with Crippen molar-refractivity contribution in [3.63, 3.8) is 0 Å². The smallest absolute Gasteiger partial charge is 0.229 e. The van der Waals surface area contributed by atoms with Gasteiger partial charge in [-0.2, -0.15) is 0 Å². The van der Waals surface area contributed by atoms with Crippen molar-refractivity contribution in [2.24, 2.45) is 5.92 Å². The van der Waals surface area contributed by atoms with Crippen molar-refractivity contribution in [3.8, 4) is 0 Å². The van der Waals surface area contributed by atoms with Gasteiger partial charge in [0, 0.05) is 25.5 Å². The standard InChI is InChI=1S/C16H17ClN4O/c17-13-5-1-2-6-14(13)20-16(22)12-4-3-9-21(11-12)15-10-18-7-8-19-15/h1-2,5-8,10,12H,3-4,9,11H2,(H,20,22). The van der Waals surface area contributed by atoms with Crippen molar-refractivity contribution >= 4 is 29.0 Å². The zero-order valence-corrected chi connectivity index (χ0v) is 12.8. The minimum absolute atomic E-state index is 0.00157. The number of hydrogen-bond acceptors (Lipinski definition) is 4. The van der Waals surface area contributed by atoms with Gasteiger partial charge in [0.1, 0.15) is 5.82 Å². The van der Waals surface area contributed by atoms with Gasteiger partial charge in [-0.1, -0.05) is 23.7 Å². The van der Waals surface area contributed by atoms with Gasteiger partial charge >= 0.3 is 0 Å². The monoisotopic (exact) mass is 316 g/mol. The Bertz CT molecular complexity index is 650. The van der Waals surface area contributed by atoms with Gasteiger partial charge in [0.25, 0.3) is 0 Å². The highest BCUT2D eigenvalue weighted by Crippen LogP contribution is 2.25. The lowest BCUT2D eigenvalue weighted by atomic mass is 9.97. The summed E-state index contributed by atoms with van der Waals surface area (Å²) in [6.45, 7) is 1.55. The fourth-order valence-electron chi connectivity index (χ4n) is 2.65. The Kier molecular flexibility index (Phi) is 4.53. The molecule has 1 N–H and O–H groups in total. The SMILES string of the molecule is O=C(Nc1ccccc1Cl)C1CCCN(c2cnccn2)C1. The first-order valence-electron chi connectivity index (χ1n) is 7.30. The fourth-order valence-corrected chi connectivity index (χ4v) is 2.83. The van der Waals surface area contributed by atoms with E-state index < -0.39 is 0 Å². The number of amides is 1. The highest BCUT2D eigenvalue weighted by Gasteiger charge is 2.26. The molecule has 6 heteroatoms. The molecular weight excluding hydrogens is 300 g/mol. The van der Waals surface area contributed by atoms with Crippen molar-refractivity contribution < 1.29 is 4.79 Å². The van der Waals surface area contributed by atoms with E-state index in [1.165, 1.54) is 0 Å². The predicted octanol–water partition coefficient (Wildman–Crippen LogP) is 2.99. The van der Waals surface area contributed by atoms with Crippen LogP contribution >= 0.6 is 11.6 Å². The van der Waals surface area contributed by atoms with Crippen LogP contribution in [0.4, 0.5) is 11.5 Å². The molecular formula is C16H17ClN4O. The van der Waals surface area contributed by atoms with Crippen molar-refractivity contribution in [1.29, 1.82) is 0 Å². The van der Waals surface area contributed by atoms with Gasteiger partial charge in [-0.05, 0) is 25.0 Å². The van der Waals surface area contributed by atoms with Gasteiger partial charge in [-0.3, -0.25) is 9.78 Å². The third-order valence-corrected chi connectivity index (χ3v) is 4.13. The van der Waals surface area contributed by atoms with Crippen LogP contribution in [0.1, 0.15) is 12.8 Å². The summed E-state index contributed by atoms with van der Waals surface area (Å²) in [5.74, 6) is 0.742. The molecule has 0 radical (unpaired) electrons. The molecule has 0 aliphatic carbocycles. The second kappa shape index (κ2) is 6.75. The molecule has 1 aromatic carbocycles. The van der Waals surface area contributed by atoms with E-state index in [1.807, 2.05) is 18.2 Å². The maximum absolute atomic E-state index is 12.5. The van der Waals surface area contributed by atoms with E-state index in [0.717, 1.165) is 25.2 Å². The molecule has 0 saturated carbocycles. The number of nitrogens with zero attached hydrogens (tertiary/aromatic N) is 3. The zero-order valence-electron chi connectivity index (χ0n) is 12.1. The van der Waals surface area contributed by atoms with Crippen molar-refractivity contribution in [3.05, 3.63) is 47.9 Å². The molecule has 1 aliphatic rings. The van der Waals surface area contributed by atoms with Crippen molar-refractivity contribution in [2.75, 3.05) is 23.3 Å². The molecule has 1 aliphatic heterocycles. The van der Waals surface area contributed by atoms with Crippen molar-refractivity contribution in [2.45, 2.75) is 12.8 Å². The van der Waals surface area contributed by atoms with E-state index >= 15 is 0 Å². The maximum atomic E-state index is 12.5. The van der Waals surface area contributed by atoms with Gasteiger partial charge in [-0.25, -0.2) is 4.98 Å². The summed E-state index contributed by atoms with van der Waals surface area (Å²) < 4.78 is 0. The lowest BCUT2D eigenvalue weighted by Crippen LogP contribution is -2.41. The van der Waals surface area contributed by atoms with E-state index in [2.05, 4.69) is 20.2 Å². The lowest BCUT2D eigenvalue weighted by Gasteiger charge is -2.32. The molecule has 3 rings (SSSR count). The average Bonchev–Trinajstić information content (AvgIpc) is 2.58. The van der Waals surface area contributed by atoms with E-state index in [1.54, 1.807) is 24.7 Å². The number of piperidine rings is 1. The lowest BCUT2D eigenvalue weighted by molar-refractivity contribution is -0.120. The van der Waals surface area contributed by atoms with Gasteiger partial charge < -0.3 is 10.2 Å². The Balaban J connectivity index is 1.67. The molecule has 2 heterocycles. The zero-order chi connectivity index (χ0) is 15.4. The third kappa shape index (κ3) is 3.36. The molecule has 2 aromatic rings. The van der Waals surface area contributed by atoms with Crippen LogP contribution in [0.2, 0.25) is 5.02 Å². The topological polar surface area (TPSA) is 58.1 Å². The predicted molar refractivity (Wildman–Crippen MR) is 87.1 cm³/mol. The van der Waals surface area contributed by atoms with Crippen LogP contribution in [0.25, 0.3) is 0 Å². The van der Waals surface area contributed by atoms with Gasteiger partial charge in [0.2, 0.25) is 5.91 Å². The normalized spacial score (nSPS) is 18.0. The van der Waals surface area contributed by atoms with Crippen molar-refractivity contribution in [1.82, 2.24) is 9.97 Å². The van der Waals surface area contributed by atoms with Crippen LogP contribution in [-0.2, 0) is 4.79 Å². The number of carbonyl (C=O) groups is 1. The first-order chi connectivity index (χ1) is 10.7. The number of hydrogen-bond donors (Lipinski definition) is 1. The molecule has 1 amide bonds. The molecule has 114 valence electrons. The van der Waals surface area contributed by atoms with Gasteiger partial charge in [0.15, 0.2) is 0 Å². The van der Waals surface area contributed by atoms with Crippen LogP contribution in [0, 0.1) is 5.92 Å². The van der Waals surface area contributed by atoms with Gasteiger partial charge in [0.05, 0.1) is 22.8 Å². The van der Waals surface area contributed by atoms with Crippen LogP contribution in [0.5, 0.6) is 0 Å². The number of anilines is 2. The average molecular weight is 317 g/mol. The largest absolute Gasteiger partial charge is 0.355 e. The second-order valence-electron chi connectivity index (χ2n) is 5.32. The third-order valence-electron chi connectivity index (χ3n) is 3.80. The summed E-state index contributed by atoms with van der Waals surface area (Å²) in [5.41, 5.74) is 0.658. The summed E-state index contributed by atoms with van der Waals surface area (Å²) in [6, 6.07) is 7.27. The number of aromatic nitrogens is 2. The van der Waals surface area contributed by atoms with E-state index in [-0.39, 0.29) is 11.8 Å². The fraction of sp³-hybridized carbons (Fsp3) is 0.312. The minimum Gasteiger partial charge on any atom is -0.355 e. The first kappa shape index (κ1) is 14.8.